The van der Waals surface area contributed by atoms with Crippen molar-refractivity contribution in [3.05, 3.63) is 69.9 Å². The normalized spacial score (nSPS) is 15.5. The molecule has 1 atom stereocenters. The van der Waals surface area contributed by atoms with Crippen LogP contribution in [0.1, 0.15) is 58.9 Å². The lowest BCUT2D eigenvalue weighted by Crippen LogP contribution is -2.29. The zero-order chi connectivity index (χ0) is 24.0. The number of halogens is 4. The third kappa shape index (κ3) is 4.54. The monoisotopic (exact) mass is 474 g/mol. The van der Waals surface area contributed by atoms with E-state index in [4.69, 9.17) is 11.6 Å². The number of nitriles is 1. The molecule has 1 N–H and O–H groups in total. The second-order valence-corrected chi connectivity index (χ2v) is 8.39. The predicted molar refractivity (Wildman–Crippen MR) is 113 cm³/mol. The first-order chi connectivity index (χ1) is 15.5. The fraction of sp³-hybridized carbons (Fsp3) is 0.318. The molecule has 0 radical (unpaired) electrons. The lowest BCUT2D eigenvalue weighted by atomic mass is 9.93. The zero-order valence-electron chi connectivity index (χ0n) is 17.6. The van der Waals surface area contributed by atoms with Gasteiger partial charge in [0, 0.05) is 11.8 Å². The molecule has 2 aromatic heterocycles. The van der Waals surface area contributed by atoms with Crippen molar-refractivity contribution in [3.8, 4) is 11.9 Å². The van der Waals surface area contributed by atoms with Gasteiger partial charge in [-0.1, -0.05) is 11.6 Å². The average molecular weight is 475 g/mol. The third-order valence-electron chi connectivity index (χ3n) is 5.44. The van der Waals surface area contributed by atoms with Crippen LogP contribution in [0, 0.1) is 18.3 Å². The molecule has 1 aliphatic carbocycles. The van der Waals surface area contributed by atoms with Gasteiger partial charge in [0.05, 0.1) is 28.1 Å². The molecule has 1 aromatic carbocycles. The maximum absolute atomic E-state index is 13.5. The van der Waals surface area contributed by atoms with E-state index in [-0.39, 0.29) is 11.1 Å². The van der Waals surface area contributed by atoms with Crippen LogP contribution in [-0.2, 0) is 11.6 Å². The van der Waals surface area contributed by atoms with Crippen LogP contribution in [0.15, 0.2) is 36.5 Å². The van der Waals surface area contributed by atoms with Crippen LogP contribution in [0.4, 0.5) is 13.2 Å². The maximum Gasteiger partial charge on any atom is 0.416 e. The number of amides is 1. The SMILES string of the molecule is Cc1nc([C@H](C)NC(=O)c2cc(C(F)(F)F)cc(C3(C#N)CC3)c2)n(-c2ccc(Cl)cn2)n1. The zero-order valence-corrected chi connectivity index (χ0v) is 18.4. The molecule has 1 amide bonds. The standard InChI is InChI=1S/C22H18ClF3N6O/c1-12(19-30-13(2)31-32(19)18-4-3-17(23)10-28-18)29-20(33)14-7-15(21(11-27)5-6-21)9-16(8-14)22(24,25)26/h3-4,7-10,12H,5-6H2,1-2H3,(H,29,33)/t12-/m0/s1. The van der Waals surface area contributed by atoms with E-state index < -0.39 is 29.1 Å². The molecule has 2 heterocycles. The summed E-state index contributed by atoms with van der Waals surface area (Å²) in [4.78, 5) is 21.5. The van der Waals surface area contributed by atoms with Crippen LogP contribution in [0.5, 0.6) is 0 Å². The molecule has 3 aromatic rings. The van der Waals surface area contributed by atoms with Gasteiger partial charge < -0.3 is 5.32 Å². The molecule has 33 heavy (non-hydrogen) atoms. The average Bonchev–Trinajstić information content (AvgIpc) is 3.48. The number of nitrogens with one attached hydrogen (secondary N) is 1. The van der Waals surface area contributed by atoms with Crippen LogP contribution in [0.2, 0.25) is 5.02 Å². The summed E-state index contributed by atoms with van der Waals surface area (Å²) >= 11 is 5.88. The van der Waals surface area contributed by atoms with Gasteiger partial charge in [-0.15, -0.1) is 5.10 Å². The summed E-state index contributed by atoms with van der Waals surface area (Å²) in [6.07, 6.45) is -2.30. The highest BCUT2D eigenvalue weighted by atomic mass is 35.5. The topological polar surface area (TPSA) is 96.5 Å². The fourth-order valence-electron chi connectivity index (χ4n) is 3.51. The highest BCUT2D eigenvalue weighted by molar-refractivity contribution is 6.30. The first kappa shape index (κ1) is 22.7. The summed E-state index contributed by atoms with van der Waals surface area (Å²) in [6, 6.07) is 7.71. The highest BCUT2D eigenvalue weighted by Gasteiger charge is 2.46. The van der Waals surface area contributed by atoms with E-state index in [1.54, 1.807) is 26.0 Å². The van der Waals surface area contributed by atoms with E-state index in [9.17, 15) is 23.2 Å². The van der Waals surface area contributed by atoms with Gasteiger partial charge in [-0.05, 0) is 62.6 Å². The minimum Gasteiger partial charge on any atom is -0.342 e. The number of carbonyl (C=O) groups is 1. The Kier molecular flexibility index (Phi) is 5.62. The minimum atomic E-state index is -4.65. The Morgan fingerprint density at radius 1 is 1.30 bits per heavy atom. The number of pyridine rings is 1. The lowest BCUT2D eigenvalue weighted by molar-refractivity contribution is -0.137. The summed E-state index contributed by atoms with van der Waals surface area (Å²) in [5.41, 5.74) is -1.93. The molecule has 1 saturated carbocycles. The molecular formula is C22H18ClF3N6O. The van der Waals surface area contributed by atoms with Crippen LogP contribution in [0.25, 0.3) is 5.82 Å². The van der Waals surface area contributed by atoms with Crippen molar-refractivity contribution in [2.75, 3.05) is 0 Å². The van der Waals surface area contributed by atoms with E-state index in [1.165, 1.54) is 16.9 Å². The van der Waals surface area contributed by atoms with Crippen LogP contribution >= 0.6 is 11.6 Å². The maximum atomic E-state index is 13.5. The second-order valence-electron chi connectivity index (χ2n) is 7.95. The van der Waals surface area contributed by atoms with Crippen molar-refractivity contribution in [1.29, 1.82) is 5.26 Å². The number of hydrogen-bond acceptors (Lipinski definition) is 5. The number of alkyl halides is 3. The van der Waals surface area contributed by atoms with Crippen LogP contribution in [0.3, 0.4) is 0 Å². The molecule has 7 nitrogen and oxygen atoms in total. The van der Waals surface area contributed by atoms with Gasteiger partial charge in [-0.25, -0.2) is 9.97 Å². The molecule has 0 aliphatic heterocycles. The number of benzene rings is 1. The molecule has 1 fully saturated rings. The first-order valence-electron chi connectivity index (χ1n) is 10.0. The number of carbonyl (C=O) groups excluding carboxylic acids is 1. The van der Waals surface area contributed by atoms with Gasteiger partial charge in [-0.2, -0.15) is 23.1 Å². The molecule has 0 spiro atoms. The number of rotatable bonds is 5. The molecule has 1 aliphatic rings. The van der Waals surface area contributed by atoms with Gasteiger partial charge in [0.1, 0.15) is 5.82 Å². The third-order valence-corrected chi connectivity index (χ3v) is 5.66. The van der Waals surface area contributed by atoms with E-state index in [1.807, 2.05) is 0 Å². The van der Waals surface area contributed by atoms with Crippen molar-refractivity contribution in [1.82, 2.24) is 25.1 Å². The minimum absolute atomic E-state index is 0.180. The molecule has 0 bridgehead atoms. The predicted octanol–water partition coefficient (Wildman–Crippen LogP) is 4.69. The molecular weight excluding hydrogens is 457 g/mol. The molecule has 0 unspecified atom stereocenters. The Morgan fingerprint density at radius 2 is 2.03 bits per heavy atom. The Labute approximate surface area is 192 Å². The summed E-state index contributed by atoms with van der Waals surface area (Å²) in [6.45, 7) is 3.31. The van der Waals surface area contributed by atoms with E-state index in [2.05, 4.69) is 26.5 Å². The van der Waals surface area contributed by atoms with Crippen molar-refractivity contribution >= 4 is 17.5 Å². The molecule has 170 valence electrons. The molecule has 4 rings (SSSR count). The summed E-state index contributed by atoms with van der Waals surface area (Å²) in [5, 5.41) is 16.8. The van der Waals surface area contributed by atoms with Gasteiger partial charge in [0.25, 0.3) is 5.91 Å². The van der Waals surface area contributed by atoms with Gasteiger partial charge in [0.15, 0.2) is 11.6 Å². The number of hydrogen-bond donors (Lipinski definition) is 1. The lowest BCUT2D eigenvalue weighted by Gasteiger charge is -2.17. The van der Waals surface area contributed by atoms with E-state index in [0.717, 1.165) is 12.1 Å². The fourth-order valence-corrected chi connectivity index (χ4v) is 3.62. The Balaban J connectivity index is 1.65. The Bertz CT molecular complexity index is 1260. The number of aromatic nitrogens is 4. The number of aryl methyl sites for hydroxylation is 1. The highest BCUT2D eigenvalue weighted by Crippen LogP contribution is 2.48. The largest absolute Gasteiger partial charge is 0.416 e. The second kappa shape index (κ2) is 8.15. The molecule has 11 heteroatoms. The van der Waals surface area contributed by atoms with Crippen LogP contribution in [-0.4, -0.2) is 25.7 Å². The van der Waals surface area contributed by atoms with Crippen molar-refractivity contribution in [2.45, 2.75) is 44.3 Å². The van der Waals surface area contributed by atoms with Crippen molar-refractivity contribution in [2.24, 2.45) is 0 Å². The Hall–Kier alpha value is -3.45. The van der Waals surface area contributed by atoms with E-state index in [0.29, 0.717) is 35.3 Å². The molecule has 0 saturated heterocycles. The summed E-state index contributed by atoms with van der Waals surface area (Å²) < 4.78 is 41.8. The van der Waals surface area contributed by atoms with Crippen molar-refractivity contribution < 1.29 is 18.0 Å². The van der Waals surface area contributed by atoms with Crippen LogP contribution < -0.4 is 5.32 Å². The quantitative estimate of drug-likeness (QED) is 0.578. The van der Waals surface area contributed by atoms with Gasteiger partial charge in [-0.3, -0.25) is 4.79 Å². The van der Waals surface area contributed by atoms with E-state index >= 15 is 0 Å². The summed E-state index contributed by atoms with van der Waals surface area (Å²) in [7, 11) is 0. The first-order valence-corrected chi connectivity index (χ1v) is 10.4. The Morgan fingerprint density at radius 3 is 2.61 bits per heavy atom. The van der Waals surface area contributed by atoms with Crippen molar-refractivity contribution in [3.63, 3.8) is 0 Å². The van der Waals surface area contributed by atoms with Gasteiger partial charge >= 0.3 is 6.18 Å². The number of nitrogens with zero attached hydrogens (tertiary/aromatic N) is 5. The summed E-state index contributed by atoms with van der Waals surface area (Å²) in [5.74, 6) is 0.467. The van der Waals surface area contributed by atoms with Gasteiger partial charge in [0.2, 0.25) is 0 Å². The smallest absolute Gasteiger partial charge is 0.342 e.